The van der Waals surface area contributed by atoms with Crippen molar-refractivity contribution in [2.75, 3.05) is 14.2 Å². The lowest BCUT2D eigenvalue weighted by molar-refractivity contribution is -0.169. The molecular weight excluding hydrogens is 344 g/mol. The number of ketones is 1. The van der Waals surface area contributed by atoms with E-state index < -0.39 is 22.8 Å². The second-order valence-corrected chi connectivity index (χ2v) is 7.34. The highest BCUT2D eigenvalue weighted by molar-refractivity contribution is 6.05. The molecule has 2 aliphatic carbocycles. The molecule has 1 saturated carbocycles. The van der Waals surface area contributed by atoms with Crippen molar-refractivity contribution in [1.29, 1.82) is 0 Å². The Balaban J connectivity index is 1.95. The summed E-state index contributed by atoms with van der Waals surface area (Å²) < 4.78 is 9.94. The highest BCUT2D eigenvalue weighted by Gasteiger charge is 2.63. The van der Waals surface area contributed by atoms with E-state index in [1.54, 1.807) is 6.08 Å². The molecule has 0 aliphatic heterocycles. The molecule has 0 amide bonds. The molecule has 0 saturated heterocycles. The van der Waals surface area contributed by atoms with E-state index in [9.17, 15) is 14.4 Å². The SMILES string of the molecule is COC(=O)C1(C(=O)OC)CC2=CC(=O)CC2(c2cccc3ccccc23)C1. The van der Waals surface area contributed by atoms with Crippen LogP contribution >= 0.6 is 0 Å². The van der Waals surface area contributed by atoms with Crippen molar-refractivity contribution < 1.29 is 23.9 Å². The van der Waals surface area contributed by atoms with Gasteiger partial charge in [0.1, 0.15) is 0 Å². The van der Waals surface area contributed by atoms with Gasteiger partial charge >= 0.3 is 11.9 Å². The van der Waals surface area contributed by atoms with Gasteiger partial charge in [0.15, 0.2) is 11.2 Å². The Kier molecular flexibility index (Phi) is 3.91. The summed E-state index contributed by atoms with van der Waals surface area (Å²) in [6, 6.07) is 13.9. The van der Waals surface area contributed by atoms with Crippen LogP contribution < -0.4 is 0 Å². The molecular formula is C22H20O5. The average Bonchev–Trinajstić information content (AvgIpc) is 3.17. The molecule has 138 valence electrons. The first-order valence-electron chi connectivity index (χ1n) is 8.86. The lowest BCUT2D eigenvalue weighted by Gasteiger charge is -2.31. The topological polar surface area (TPSA) is 69.7 Å². The first kappa shape index (κ1) is 17.5. The molecule has 1 fully saturated rings. The number of fused-ring (bicyclic) bond motifs is 2. The van der Waals surface area contributed by atoms with E-state index in [4.69, 9.17) is 9.47 Å². The van der Waals surface area contributed by atoms with Crippen LogP contribution in [0.1, 0.15) is 24.8 Å². The number of ether oxygens (including phenoxy) is 2. The summed E-state index contributed by atoms with van der Waals surface area (Å²) in [5.74, 6) is -1.21. The van der Waals surface area contributed by atoms with Crippen LogP contribution in [-0.2, 0) is 29.3 Å². The number of carbonyl (C=O) groups is 3. The van der Waals surface area contributed by atoms with Gasteiger partial charge in [-0.1, -0.05) is 48.0 Å². The van der Waals surface area contributed by atoms with Gasteiger partial charge in [-0.3, -0.25) is 14.4 Å². The Morgan fingerprint density at radius 1 is 0.926 bits per heavy atom. The van der Waals surface area contributed by atoms with Gasteiger partial charge in [-0.25, -0.2) is 0 Å². The van der Waals surface area contributed by atoms with Gasteiger partial charge in [-0.15, -0.1) is 0 Å². The predicted molar refractivity (Wildman–Crippen MR) is 99.0 cm³/mol. The molecule has 0 aromatic heterocycles. The minimum atomic E-state index is -1.42. The second-order valence-electron chi connectivity index (χ2n) is 7.34. The van der Waals surface area contributed by atoms with Crippen LogP contribution in [0.5, 0.6) is 0 Å². The average molecular weight is 364 g/mol. The third-order valence-corrected chi connectivity index (χ3v) is 5.98. The van der Waals surface area contributed by atoms with E-state index in [0.29, 0.717) is 0 Å². The van der Waals surface area contributed by atoms with Crippen LogP contribution in [0.2, 0.25) is 0 Å². The first-order valence-corrected chi connectivity index (χ1v) is 8.86. The molecule has 5 nitrogen and oxygen atoms in total. The van der Waals surface area contributed by atoms with E-state index >= 15 is 0 Å². The molecule has 5 heteroatoms. The van der Waals surface area contributed by atoms with Crippen LogP contribution in [0.15, 0.2) is 54.1 Å². The summed E-state index contributed by atoms with van der Waals surface area (Å²) in [7, 11) is 2.54. The number of hydrogen-bond acceptors (Lipinski definition) is 5. The van der Waals surface area contributed by atoms with Crippen molar-refractivity contribution in [2.45, 2.75) is 24.7 Å². The number of rotatable bonds is 3. The zero-order chi connectivity index (χ0) is 19.2. The van der Waals surface area contributed by atoms with Gasteiger partial charge < -0.3 is 9.47 Å². The third kappa shape index (κ3) is 2.34. The molecule has 27 heavy (non-hydrogen) atoms. The maximum absolute atomic E-state index is 12.7. The van der Waals surface area contributed by atoms with E-state index in [-0.39, 0.29) is 25.0 Å². The zero-order valence-electron chi connectivity index (χ0n) is 15.3. The normalized spacial score (nSPS) is 23.0. The van der Waals surface area contributed by atoms with Gasteiger partial charge in [0, 0.05) is 11.8 Å². The number of esters is 2. The number of carbonyl (C=O) groups excluding carboxylic acids is 3. The van der Waals surface area contributed by atoms with Crippen molar-refractivity contribution in [3.63, 3.8) is 0 Å². The third-order valence-electron chi connectivity index (χ3n) is 5.98. The fourth-order valence-electron chi connectivity index (χ4n) is 4.86. The molecule has 1 unspecified atom stereocenters. The Morgan fingerprint density at radius 2 is 1.59 bits per heavy atom. The van der Waals surface area contributed by atoms with E-state index in [2.05, 4.69) is 0 Å². The molecule has 0 radical (unpaired) electrons. The zero-order valence-corrected chi connectivity index (χ0v) is 15.3. The van der Waals surface area contributed by atoms with Crippen LogP contribution in [0.25, 0.3) is 10.8 Å². The quantitative estimate of drug-likeness (QED) is 0.618. The van der Waals surface area contributed by atoms with Gasteiger partial charge in [0.25, 0.3) is 0 Å². The van der Waals surface area contributed by atoms with Crippen LogP contribution in [-0.4, -0.2) is 31.9 Å². The summed E-state index contributed by atoms with van der Waals surface area (Å²) in [6.45, 7) is 0. The minimum absolute atomic E-state index is 0.0151. The van der Waals surface area contributed by atoms with Gasteiger partial charge in [0.2, 0.25) is 0 Å². The summed E-state index contributed by atoms with van der Waals surface area (Å²) in [4.78, 5) is 37.7. The lowest BCUT2D eigenvalue weighted by Crippen LogP contribution is -2.41. The first-order chi connectivity index (χ1) is 13.0. The van der Waals surface area contributed by atoms with Gasteiger partial charge in [-0.2, -0.15) is 0 Å². The van der Waals surface area contributed by atoms with Gasteiger partial charge in [0.05, 0.1) is 14.2 Å². The van der Waals surface area contributed by atoms with Crippen molar-refractivity contribution in [2.24, 2.45) is 5.41 Å². The molecule has 0 N–H and O–H groups in total. The van der Waals surface area contributed by atoms with Gasteiger partial charge in [-0.05, 0) is 35.3 Å². The standard InChI is InChI=1S/C22H20O5/c1-26-19(24)22(20(25)27-2)11-15-10-16(23)12-21(15,13-22)18-9-5-7-14-6-3-4-8-17(14)18/h3-10H,11-13H2,1-2H3. The fraction of sp³-hybridized carbons (Fsp3) is 0.318. The summed E-state index contributed by atoms with van der Waals surface area (Å²) in [5.41, 5.74) is -0.347. The summed E-state index contributed by atoms with van der Waals surface area (Å²) in [5, 5.41) is 2.07. The summed E-state index contributed by atoms with van der Waals surface area (Å²) >= 11 is 0. The Morgan fingerprint density at radius 3 is 2.30 bits per heavy atom. The smallest absolute Gasteiger partial charge is 0.323 e. The minimum Gasteiger partial charge on any atom is -0.468 e. The highest BCUT2D eigenvalue weighted by Crippen LogP contribution is 2.60. The molecule has 2 aromatic carbocycles. The highest BCUT2D eigenvalue weighted by atomic mass is 16.5. The van der Waals surface area contributed by atoms with E-state index in [1.807, 2.05) is 42.5 Å². The van der Waals surface area contributed by atoms with Crippen molar-refractivity contribution in [1.82, 2.24) is 0 Å². The van der Waals surface area contributed by atoms with Crippen LogP contribution in [0.4, 0.5) is 0 Å². The fourth-order valence-corrected chi connectivity index (χ4v) is 4.86. The van der Waals surface area contributed by atoms with E-state index in [1.165, 1.54) is 14.2 Å². The molecule has 0 heterocycles. The second kappa shape index (κ2) is 6.05. The van der Waals surface area contributed by atoms with Crippen LogP contribution in [0, 0.1) is 5.41 Å². The molecule has 2 aliphatic rings. The largest absolute Gasteiger partial charge is 0.468 e. The van der Waals surface area contributed by atoms with Crippen molar-refractivity contribution >= 4 is 28.5 Å². The molecule has 0 spiro atoms. The van der Waals surface area contributed by atoms with Crippen molar-refractivity contribution in [3.8, 4) is 0 Å². The number of hydrogen-bond donors (Lipinski definition) is 0. The van der Waals surface area contributed by atoms with Crippen molar-refractivity contribution in [3.05, 3.63) is 59.7 Å². The Labute approximate surface area is 157 Å². The van der Waals surface area contributed by atoms with E-state index in [0.717, 1.165) is 21.9 Å². The van der Waals surface area contributed by atoms with Crippen LogP contribution in [0.3, 0.4) is 0 Å². The number of benzene rings is 2. The molecule has 0 bridgehead atoms. The summed E-state index contributed by atoms with van der Waals surface area (Å²) in [6.07, 6.45) is 2.15. The Bertz CT molecular complexity index is 981. The molecule has 1 atom stereocenters. The molecule has 4 rings (SSSR count). The molecule has 2 aromatic rings. The Hall–Kier alpha value is -2.95. The number of allylic oxidation sites excluding steroid dienone is 2. The monoisotopic (exact) mass is 364 g/mol. The lowest BCUT2D eigenvalue weighted by atomic mass is 9.71. The predicted octanol–water partition coefficient (Wildman–Crippen LogP) is 3.10. The number of methoxy groups -OCH3 is 2. The maximum atomic E-state index is 12.7. The maximum Gasteiger partial charge on any atom is 0.323 e.